The summed E-state index contributed by atoms with van der Waals surface area (Å²) in [4.78, 5) is 23.7. The molecule has 1 aromatic carbocycles. The van der Waals surface area contributed by atoms with Crippen LogP contribution in [0.2, 0.25) is 0 Å². The summed E-state index contributed by atoms with van der Waals surface area (Å²) in [5.41, 5.74) is 6.34. The van der Waals surface area contributed by atoms with Gasteiger partial charge in [-0.25, -0.2) is 0 Å². The smallest absolute Gasteiger partial charge is 0.269 e. The van der Waals surface area contributed by atoms with Gasteiger partial charge in [0.1, 0.15) is 0 Å². The third-order valence-electron chi connectivity index (χ3n) is 3.67. The summed E-state index contributed by atoms with van der Waals surface area (Å²) in [5.74, 6) is -0.0592. The molecule has 2 rings (SSSR count). The van der Waals surface area contributed by atoms with E-state index >= 15 is 0 Å². The SMILES string of the molecule is CN(C(=O)CC1(N)CCC1)c1ccc([N+](=O)[O-])cc1. The molecule has 0 saturated heterocycles. The fraction of sp³-hybridized carbons (Fsp3) is 0.462. The second-order valence-corrected chi connectivity index (χ2v) is 5.12. The van der Waals surface area contributed by atoms with Crippen molar-refractivity contribution >= 4 is 17.3 Å². The summed E-state index contributed by atoms with van der Waals surface area (Å²) < 4.78 is 0. The molecule has 102 valence electrons. The zero-order valence-electron chi connectivity index (χ0n) is 10.8. The van der Waals surface area contributed by atoms with E-state index in [9.17, 15) is 14.9 Å². The number of nitro benzene ring substituents is 1. The van der Waals surface area contributed by atoms with Crippen molar-refractivity contribution in [3.05, 3.63) is 34.4 Å². The number of hydrogen-bond donors (Lipinski definition) is 1. The molecule has 2 N–H and O–H groups in total. The molecule has 19 heavy (non-hydrogen) atoms. The Hall–Kier alpha value is -1.95. The maximum Gasteiger partial charge on any atom is 0.269 e. The molecule has 0 spiro atoms. The summed E-state index contributed by atoms with van der Waals surface area (Å²) in [5, 5.41) is 10.6. The van der Waals surface area contributed by atoms with Crippen LogP contribution in [0.25, 0.3) is 0 Å². The molecule has 0 aliphatic heterocycles. The van der Waals surface area contributed by atoms with Gasteiger partial charge in [0.15, 0.2) is 0 Å². The minimum Gasteiger partial charge on any atom is -0.325 e. The van der Waals surface area contributed by atoms with E-state index in [0.29, 0.717) is 12.1 Å². The van der Waals surface area contributed by atoms with Crippen molar-refractivity contribution in [2.45, 2.75) is 31.2 Å². The fourth-order valence-corrected chi connectivity index (χ4v) is 2.17. The van der Waals surface area contributed by atoms with E-state index in [1.165, 1.54) is 17.0 Å². The van der Waals surface area contributed by atoms with Crippen LogP contribution in [-0.2, 0) is 4.79 Å². The molecule has 1 amide bonds. The number of nitrogens with two attached hydrogens (primary N) is 1. The van der Waals surface area contributed by atoms with Crippen LogP contribution in [0.1, 0.15) is 25.7 Å². The highest BCUT2D eigenvalue weighted by Gasteiger charge is 2.35. The van der Waals surface area contributed by atoms with Crippen LogP contribution >= 0.6 is 0 Å². The topological polar surface area (TPSA) is 89.5 Å². The largest absolute Gasteiger partial charge is 0.325 e. The van der Waals surface area contributed by atoms with Gasteiger partial charge in [-0.05, 0) is 31.4 Å². The zero-order valence-corrected chi connectivity index (χ0v) is 10.8. The van der Waals surface area contributed by atoms with Crippen LogP contribution in [0, 0.1) is 10.1 Å². The van der Waals surface area contributed by atoms with Crippen LogP contribution in [0.5, 0.6) is 0 Å². The number of carbonyl (C=O) groups is 1. The predicted molar refractivity (Wildman–Crippen MR) is 71.9 cm³/mol. The average molecular weight is 263 g/mol. The molecule has 0 heterocycles. The normalized spacial score (nSPS) is 16.5. The number of non-ortho nitro benzene ring substituents is 1. The van der Waals surface area contributed by atoms with Crippen molar-refractivity contribution in [1.29, 1.82) is 0 Å². The van der Waals surface area contributed by atoms with E-state index in [2.05, 4.69) is 0 Å². The van der Waals surface area contributed by atoms with Crippen molar-refractivity contribution in [1.82, 2.24) is 0 Å². The van der Waals surface area contributed by atoms with E-state index in [-0.39, 0.29) is 17.1 Å². The Morgan fingerprint density at radius 3 is 2.42 bits per heavy atom. The zero-order chi connectivity index (χ0) is 14.0. The summed E-state index contributed by atoms with van der Waals surface area (Å²) in [7, 11) is 1.66. The van der Waals surface area contributed by atoms with E-state index in [1.807, 2.05) is 0 Å². The molecule has 6 heteroatoms. The molecule has 0 atom stereocenters. The summed E-state index contributed by atoms with van der Waals surface area (Å²) in [6.45, 7) is 0. The predicted octanol–water partition coefficient (Wildman–Crippen LogP) is 1.83. The lowest BCUT2D eigenvalue weighted by Crippen LogP contribution is -2.50. The number of nitrogens with zero attached hydrogens (tertiary/aromatic N) is 2. The minimum absolute atomic E-state index is 0.0129. The molecule has 1 aliphatic rings. The highest BCUT2D eigenvalue weighted by Crippen LogP contribution is 2.33. The third kappa shape index (κ3) is 2.90. The van der Waals surface area contributed by atoms with Gasteiger partial charge in [-0.1, -0.05) is 0 Å². The van der Waals surface area contributed by atoms with Crippen LogP contribution < -0.4 is 10.6 Å². The number of carbonyl (C=O) groups excluding carboxylic acids is 1. The second kappa shape index (κ2) is 4.97. The molecule has 1 aliphatic carbocycles. The first-order valence-electron chi connectivity index (χ1n) is 6.21. The average Bonchev–Trinajstić information content (AvgIpc) is 2.36. The van der Waals surface area contributed by atoms with Gasteiger partial charge in [0.05, 0.1) is 4.92 Å². The Morgan fingerprint density at radius 2 is 2.00 bits per heavy atom. The Kier molecular flexibility index (Phi) is 3.53. The van der Waals surface area contributed by atoms with Crippen molar-refractivity contribution in [3.63, 3.8) is 0 Å². The highest BCUT2D eigenvalue weighted by atomic mass is 16.6. The first kappa shape index (κ1) is 13.5. The Morgan fingerprint density at radius 1 is 1.42 bits per heavy atom. The number of rotatable bonds is 4. The number of amides is 1. The Balaban J connectivity index is 2.04. The first-order chi connectivity index (χ1) is 8.91. The van der Waals surface area contributed by atoms with Gasteiger partial charge in [-0.15, -0.1) is 0 Å². The fourth-order valence-electron chi connectivity index (χ4n) is 2.17. The van der Waals surface area contributed by atoms with Crippen LogP contribution in [0.4, 0.5) is 11.4 Å². The van der Waals surface area contributed by atoms with Crippen LogP contribution in [0.3, 0.4) is 0 Å². The van der Waals surface area contributed by atoms with E-state index < -0.39 is 4.92 Å². The molecule has 0 aromatic heterocycles. The molecule has 0 radical (unpaired) electrons. The second-order valence-electron chi connectivity index (χ2n) is 5.12. The lowest BCUT2D eigenvalue weighted by molar-refractivity contribution is -0.384. The summed E-state index contributed by atoms with van der Waals surface area (Å²) in [6, 6.07) is 5.92. The molecule has 6 nitrogen and oxygen atoms in total. The number of nitro groups is 1. The molecule has 1 saturated carbocycles. The summed E-state index contributed by atoms with van der Waals surface area (Å²) in [6.07, 6.45) is 3.16. The number of benzene rings is 1. The molecule has 1 aromatic rings. The monoisotopic (exact) mass is 263 g/mol. The Bertz CT molecular complexity index is 494. The highest BCUT2D eigenvalue weighted by molar-refractivity contribution is 5.93. The minimum atomic E-state index is -0.463. The van der Waals surface area contributed by atoms with Crippen LogP contribution in [-0.4, -0.2) is 23.4 Å². The van der Waals surface area contributed by atoms with Gasteiger partial charge in [0.2, 0.25) is 5.91 Å². The quantitative estimate of drug-likeness (QED) is 0.662. The van der Waals surface area contributed by atoms with Gasteiger partial charge in [0, 0.05) is 36.8 Å². The third-order valence-corrected chi connectivity index (χ3v) is 3.67. The van der Waals surface area contributed by atoms with Crippen molar-refractivity contribution in [2.24, 2.45) is 5.73 Å². The van der Waals surface area contributed by atoms with Crippen molar-refractivity contribution in [3.8, 4) is 0 Å². The van der Waals surface area contributed by atoms with Gasteiger partial charge >= 0.3 is 0 Å². The van der Waals surface area contributed by atoms with Gasteiger partial charge in [-0.3, -0.25) is 14.9 Å². The molecule has 0 bridgehead atoms. The lowest BCUT2D eigenvalue weighted by atomic mass is 9.75. The van der Waals surface area contributed by atoms with Gasteiger partial charge in [-0.2, -0.15) is 0 Å². The van der Waals surface area contributed by atoms with E-state index in [1.54, 1.807) is 19.2 Å². The maximum absolute atomic E-state index is 12.1. The molecule has 0 unspecified atom stereocenters. The molecular formula is C13H17N3O3. The van der Waals surface area contributed by atoms with Gasteiger partial charge in [0.25, 0.3) is 5.69 Å². The molecule has 1 fully saturated rings. The van der Waals surface area contributed by atoms with E-state index in [0.717, 1.165) is 19.3 Å². The maximum atomic E-state index is 12.1. The Labute approximate surface area is 111 Å². The van der Waals surface area contributed by atoms with Crippen molar-refractivity contribution in [2.75, 3.05) is 11.9 Å². The van der Waals surface area contributed by atoms with E-state index in [4.69, 9.17) is 5.73 Å². The molecular weight excluding hydrogens is 246 g/mol. The van der Waals surface area contributed by atoms with Crippen molar-refractivity contribution < 1.29 is 9.72 Å². The van der Waals surface area contributed by atoms with Gasteiger partial charge < -0.3 is 10.6 Å². The number of anilines is 1. The summed E-state index contributed by atoms with van der Waals surface area (Å²) >= 11 is 0. The first-order valence-corrected chi connectivity index (χ1v) is 6.21. The standard InChI is InChI=1S/C13H17N3O3/c1-15(12(17)9-13(14)7-2-8-13)10-3-5-11(6-4-10)16(18)19/h3-6H,2,7-9,14H2,1H3. The number of hydrogen-bond acceptors (Lipinski definition) is 4. The lowest BCUT2D eigenvalue weighted by Gasteiger charge is -2.38. The van der Waals surface area contributed by atoms with Crippen LogP contribution in [0.15, 0.2) is 24.3 Å².